The van der Waals surface area contributed by atoms with Crippen molar-refractivity contribution >= 4 is 28.4 Å². The highest BCUT2D eigenvalue weighted by Gasteiger charge is 2.16. The van der Waals surface area contributed by atoms with E-state index in [2.05, 4.69) is 14.7 Å². The van der Waals surface area contributed by atoms with Gasteiger partial charge in [-0.3, -0.25) is 0 Å². The Hall–Kier alpha value is -0.290. The zero-order valence-electron chi connectivity index (χ0n) is 8.32. The van der Waals surface area contributed by atoms with Gasteiger partial charge >= 0.3 is 0 Å². The highest BCUT2D eigenvalue weighted by Crippen LogP contribution is 2.31. The minimum absolute atomic E-state index is 0.858. The van der Waals surface area contributed by atoms with Gasteiger partial charge in [0.15, 0.2) is 5.82 Å². The average Bonchev–Trinajstić information content (AvgIpc) is 2.86. The Morgan fingerprint density at radius 3 is 2.93 bits per heavy atom. The van der Waals surface area contributed by atoms with Gasteiger partial charge in [0.2, 0.25) is 5.13 Å². The average molecular weight is 229 g/mol. The Morgan fingerprint density at radius 1 is 1.50 bits per heavy atom. The Bertz CT molecular complexity index is 281. The first-order valence-electron chi connectivity index (χ1n) is 5.00. The van der Waals surface area contributed by atoms with E-state index in [0.717, 1.165) is 22.0 Å². The van der Waals surface area contributed by atoms with Gasteiger partial charge in [-0.2, -0.15) is 16.1 Å². The molecule has 14 heavy (non-hydrogen) atoms. The first kappa shape index (κ1) is 10.2. The van der Waals surface area contributed by atoms with Crippen LogP contribution >= 0.6 is 23.3 Å². The van der Waals surface area contributed by atoms with Gasteiger partial charge in [0.05, 0.1) is 5.75 Å². The fourth-order valence-electron chi connectivity index (χ4n) is 1.66. The molecule has 0 radical (unpaired) electrons. The summed E-state index contributed by atoms with van der Waals surface area (Å²) in [5.41, 5.74) is 0. The third-order valence-electron chi connectivity index (χ3n) is 2.43. The summed E-state index contributed by atoms with van der Waals surface area (Å²) in [7, 11) is 1.88. The van der Waals surface area contributed by atoms with Gasteiger partial charge in [-0.05, 0) is 12.8 Å². The first-order valence-corrected chi connectivity index (χ1v) is 6.82. The van der Waals surface area contributed by atoms with Gasteiger partial charge in [-0.25, -0.2) is 4.98 Å². The van der Waals surface area contributed by atoms with E-state index < -0.39 is 0 Å². The van der Waals surface area contributed by atoms with Crippen molar-refractivity contribution in [2.75, 3.05) is 12.4 Å². The molecule has 0 bridgehead atoms. The van der Waals surface area contributed by atoms with E-state index in [1.807, 2.05) is 18.8 Å². The number of thioether (sulfide) groups is 1. The predicted octanol–water partition coefficient (Wildman–Crippen LogP) is 2.76. The van der Waals surface area contributed by atoms with Crippen LogP contribution in [-0.2, 0) is 5.75 Å². The molecule has 0 aromatic carbocycles. The summed E-state index contributed by atoms with van der Waals surface area (Å²) >= 11 is 3.46. The van der Waals surface area contributed by atoms with Crippen molar-refractivity contribution < 1.29 is 0 Å². The van der Waals surface area contributed by atoms with E-state index in [0.29, 0.717) is 0 Å². The topological polar surface area (TPSA) is 37.8 Å². The summed E-state index contributed by atoms with van der Waals surface area (Å²) in [6.07, 6.45) is 5.58. The summed E-state index contributed by atoms with van der Waals surface area (Å²) in [6, 6.07) is 0. The highest BCUT2D eigenvalue weighted by molar-refractivity contribution is 7.99. The van der Waals surface area contributed by atoms with Gasteiger partial charge in [0, 0.05) is 23.8 Å². The van der Waals surface area contributed by atoms with E-state index in [1.54, 1.807) is 0 Å². The second kappa shape index (κ2) is 4.98. The standard InChI is InChI=1S/C9H15N3S2/c1-10-9-11-8(12-14-9)6-13-7-4-2-3-5-7/h7H,2-6H2,1H3,(H,10,11,12). The highest BCUT2D eigenvalue weighted by atomic mass is 32.2. The van der Waals surface area contributed by atoms with E-state index >= 15 is 0 Å². The van der Waals surface area contributed by atoms with Crippen LogP contribution in [0.25, 0.3) is 0 Å². The fraction of sp³-hybridized carbons (Fsp3) is 0.778. The summed E-state index contributed by atoms with van der Waals surface area (Å²) in [5, 5.41) is 4.79. The van der Waals surface area contributed by atoms with Gasteiger partial charge in [-0.1, -0.05) is 12.8 Å². The summed E-state index contributed by atoms with van der Waals surface area (Å²) in [4.78, 5) is 4.37. The molecule has 78 valence electrons. The molecule has 1 aliphatic rings. The van der Waals surface area contributed by atoms with E-state index in [4.69, 9.17) is 0 Å². The number of nitrogens with one attached hydrogen (secondary N) is 1. The molecule has 1 N–H and O–H groups in total. The van der Waals surface area contributed by atoms with Crippen molar-refractivity contribution in [2.24, 2.45) is 0 Å². The number of hydrogen-bond acceptors (Lipinski definition) is 5. The molecule has 1 heterocycles. The fourth-order valence-corrected chi connectivity index (χ4v) is 3.46. The van der Waals surface area contributed by atoms with Gasteiger partial charge < -0.3 is 5.32 Å². The monoisotopic (exact) mass is 229 g/mol. The van der Waals surface area contributed by atoms with Crippen LogP contribution in [0, 0.1) is 0 Å². The van der Waals surface area contributed by atoms with Gasteiger partial charge in [0.1, 0.15) is 0 Å². The van der Waals surface area contributed by atoms with Crippen molar-refractivity contribution in [2.45, 2.75) is 36.7 Å². The smallest absolute Gasteiger partial charge is 0.202 e. The molecule has 1 aromatic heterocycles. The van der Waals surface area contributed by atoms with E-state index in [9.17, 15) is 0 Å². The minimum Gasteiger partial charge on any atom is -0.363 e. The Labute approximate surface area is 92.9 Å². The van der Waals surface area contributed by atoms with Crippen LogP contribution in [0.2, 0.25) is 0 Å². The zero-order chi connectivity index (χ0) is 9.80. The maximum absolute atomic E-state index is 4.37. The SMILES string of the molecule is CNc1nc(CSC2CCCC2)ns1. The molecular weight excluding hydrogens is 214 g/mol. The normalized spacial score (nSPS) is 17.5. The molecule has 1 aliphatic carbocycles. The second-order valence-corrected chi connectivity index (χ2v) is 5.52. The predicted molar refractivity (Wildman–Crippen MR) is 63.0 cm³/mol. The van der Waals surface area contributed by atoms with Crippen LogP contribution in [0.5, 0.6) is 0 Å². The lowest BCUT2D eigenvalue weighted by molar-refractivity contribution is 0.886. The second-order valence-electron chi connectivity index (χ2n) is 3.48. The number of anilines is 1. The summed E-state index contributed by atoms with van der Waals surface area (Å²) < 4.78 is 4.30. The number of aromatic nitrogens is 2. The molecule has 0 amide bonds. The molecule has 0 aliphatic heterocycles. The molecule has 1 aromatic rings. The lowest BCUT2D eigenvalue weighted by Crippen LogP contribution is -1.96. The number of rotatable bonds is 4. The van der Waals surface area contributed by atoms with Crippen molar-refractivity contribution in [1.82, 2.24) is 9.36 Å². The van der Waals surface area contributed by atoms with Gasteiger partial charge in [0.25, 0.3) is 0 Å². The molecular formula is C9H15N3S2. The molecule has 1 fully saturated rings. The van der Waals surface area contributed by atoms with E-state index in [1.165, 1.54) is 37.2 Å². The van der Waals surface area contributed by atoms with Crippen LogP contribution in [-0.4, -0.2) is 21.7 Å². The number of nitrogens with zero attached hydrogens (tertiary/aromatic N) is 2. The molecule has 5 heteroatoms. The maximum atomic E-state index is 4.37. The quantitative estimate of drug-likeness (QED) is 0.861. The molecule has 3 nitrogen and oxygen atoms in total. The first-order chi connectivity index (χ1) is 6.88. The van der Waals surface area contributed by atoms with Crippen LogP contribution in [0.4, 0.5) is 5.13 Å². The van der Waals surface area contributed by atoms with Gasteiger partial charge in [-0.15, -0.1) is 0 Å². The molecule has 1 saturated carbocycles. The Balaban J connectivity index is 1.79. The molecule has 0 saturated heterocycles. The Kier molecular flexibility index (Phi) is 3.64. The third-order valence-corrected chi connectivity index (χ3v) is 4.57. The van der Waals surface area contributed by atoms with Crippen molar-refractivity contribution in [3.63, 3.8) is 0 Å². The molecule has 0 atom stereocenters. The van der Waals surface area contributed by atoms with Crippen molar-refractivity contribution in [3.05, 3.63) is 5.82 Å². The lowest BCUT2D eigenvalue weighted by atomic mass is 10.4. The zero-order valence-corrected chi connectivity index (χ0v) is 9.96. The number of hydrogen-bond donors (Lipinski definition) is 1. The Morgan fingerprint density at radius 2 is 2.29 bits per heavy atom. The van der Waals surface area contributed by atoms with E-state index in [-0.39, 0.29) is 0 Å². The summed E-state index contributed by atoms with van der Waals surface area (Å²) in [6.45, 7) is 0. The molecule has 0 spiro atoms. The molecule has 2 rings (SSSR count). The minimum atomic E-state index is 0.858. The summed E-state index contributed by atoms with van der Waals surface area (Å²) in [5.74, 6) is 1.96. The van der Waals surface area contributed by atoms with Crippen LogP contribution in [0.15, 0.2) is 0 Å². The van der Waals surface area contributed by atoms with Crippen molar-refractivity contribution in [3.8, 4) is 0 Å². The van der Waals surface area contributed by atoms with Crippen LogP contribution in [0.1, 0.15) is 31.5 Å². The maximum Gasteiger partial charge on any atom is 0.202 e. The van der Waals surface area contributed by atoms with Crippen molar-refractivity contribution in [1.29, 1.82) is 0 Å². The van der Waals surface area contributed by atoms with Crippen LogP contribution in [0.3, 0.4) is 0 Å². The largest absolute Gasteiger partial charge is 0.363 e. The third kappa shape index (κ3) is 2.60. The lowest BCUT2D eigenvalue weighted by Gasteiger charge is -2.05. The van der Waals surface area contributed by atoms with Crippen LogP contribution < -0.4 is 5.32 Å². The molecule has 0 unspecified atom stereocenters.